The van der Waals surface area contributed by atoms with Crippen LogP contribution in [0.4, 0.5) is 0 Å². The van der Waals surface area contributed by atoms with Crippen molar-refractivity contribution in [2.24, 2.45) is 0 Å². The van der Waals surface area contributed by atoms with Gasteiger partial charge in [0, 0.05) is 37.2 Å². The maximum atomic E-state index is 12.6. The standard InChI is InChI=1S/C16H11Br2NO/c1-9-2-3-10(6-14(9)18)16(20)13-8-19-15-5-4-11(17)7-12(13)15/h2-8,19H,1H3. The lowest BCUT2D eigenvalue weighted by atomic mass is 10.0. The van der Waals surface area contributed by atoms with Crippen molar-refractivity contribution in [3.05, 3.63) is 68.2 Å². The van der Waals surface area contributed by atoms with Gasteiger partial charge in [0.25, 0.3) is 0 Å². The zero-order chi connectivity index (χ0) is 14.3. The van der Waals surface area contributed by atoms with Crippen LogP contribution in [-0.2, 0) is 0 Å². The van der Waals surface area contributed by atoms with E-state index in [2.05, 4.69) is 36.8 Å². The van der Waals surface area contributed by atoms with E-state index in [-0.39, 0.29) is 5.78 Å². The molecule has 0 amide bonds. The van der Waals surface area contributed by atoms with Gasteiger partial charge in [-0.25, -0.2) is 0 Å². The van der Waals surface area contributed by atoms with E-state index in [9.17, 15) is 4.79 Å². The predicted octanol–water partition coefficient (Wildman–Crippen LogP) is 5.23. The maximum absolute atomic E-state index is 12.6. The van der Waals surface area contributed by atoms with Crippen LogP contribution >= 0.6 is 31.9 Å². The third-order valence-corrected chi connectivity index (χ3v) is 4.67. The molecule has 0 spiro atoms. The van der Waals surface area contributed by atoms with Crippen molar-refractivity contribution in [1.82, 2.24) is 4.98 Å². The molecule has 0 bridgehead atoms. The smallest absolute Gasteiger partial charge is 0.195 e. The Bertz CT molecular complexity index is 820. The Morgan fingerprint density at radius 2 is 1.90 bits per heavy atom. The highest BCUT2D eigenvalue weighted by atomic mass is 79.9. The first kappa shape index (κ1) is 13.6. The van der Waals surface area contributed by atoms with E-state index in [1.54, 1.807) is 6.20 Å². The summed E-state index contributed by atoms with van der Waals surface area (Å²) in [6, 6.07) is 11.6. The van der Waals surface area contributed by atoms with Crippen molar-refractivity contribution in [1.29, 1.82) is 0 Å². The fourth-order valence-electron chi connectivity index (χ4n) is 2.17. The monoisotopic (exact) mass is 391 g/mol. The van der Waals surface area contributed by atoms with E-state index in [0.29, 0.717) is 11.1 Å². The van der Waals surface area contributed by atoms with Gasteiger partial charge >= 0.3 is 0 Å². The molecule has 0 saturated carbocycles. The summed E-state index contributed by atoms with van der Waals surface area (Å²) in [6.45, 7) is 2.00. The van der Waals surface area contributed by atoms with Crippen molar-refractivity contribution in [3.8, 4) is 0 Å². The summed E-state index contributed by atoms with van der Waals surface area (Å²) >= 11 is 6.92. The van der Waals surface area contributed by atoms with Crippen molar-refractivity contribution >= 4 is 48.5 Å². The summed E-state index contributed by atoms with van der Waals surface area (Å²) in [7, 11) is 0. The lowest BCUT2D eigenvalue weighted by molar-refractivity contribution is 0.104. The van der Waals surface area contributed by atoms with Crippen LogP contribution in [0.15, 0.2) is 51.5 Å². The second-order valence-corrected chi connectivity index (χ2v) is 6.46. The zero-order valence-electron chi connectivity index (χ0n) is 10.7. The highest BCUT2D eigenvalue weighted by Gasteiger charge is 2.15. The molecule has 4 heteroatoms. The van der Waals surface area contributed by atoms with E-state index < -0.39 is 0 Å². The Morgan fingerprint density at radius 3 is 2.65 bits per heavy atom. The van der Waals surface area contributed by atoms with Crippen LogP contribution in [0, 0.1) is 6.92 Å². The second kappa shape index (κ2) is 5.19. The number of halogens is 2. The Morgan fingerprint density at radius 1 is 1.10 bits per heavy atom. The van der Waals surface area contributed by atoms with Gasteiger partial charge in [-0.2, -0.15) is 0 Å². The normalized spacial score (nSPS) is 10.9. The number of H-pyrrole nitrogens is 1. The summed E-state index contributed by atoms with van der Waals surface area (Å²) in [6.07, 6.45) is 1.77. The molecule has 1 heterocycles. The molecule has 0 aliphatic carbocycles. The number of aromatic amines is 1. The number of nitrogens with one attached hydrogen (secondary N) is 1. The fraction of sp³-hybridized carbons (Fsp3) is 0.0625. The van der Waals surface area contributed by atoms with Crippen LogP contribution < -0.4 is 0 Å². The van der Waals surface area contributed by atoms with Gasteiger partial charge in [0.1, 0.15) is 0 Å². The third-order valence-electron chi connectivity index (χ3n) is 3.32. The average molecular weight is 393 g/mol. The molecule has 100 valence electrons. The molecule has 0 aliphatic heterocycles. The third kappa shape index (κ3) is 2.34. The van der Waals surface area contributed by atoms with Gasteiger partial charge in [0.15, 0.2) is 5.78 Å². The number of carbonyl (C=O) groups excluding carboxylic acids is 1. The largest absolute Gasteiger partial charge is 0.360 e. The maximum Gasteiger partial charge on any atom is 0.195 e. The molecule has 2 nitrogen and oxygen atoms in total. The number of rotatable bonds is 2. The number of aromatic nitrogens is 1. The van der Waals surface area contributed by atoms with E-state index in [0.717, 1.165) is 25.4 Å². The Balaban J connectivity index is 2.12. The van der Waals surface area contributed by atoms with Gasteiger partial charge < -0.3 is 4.98 Å². The Labute approximate surface area is 133 Å². The molecule has 2 aromatic carbocycles. The number of ketones is 1. The van der Waals surface area contributed by atoms with Gasteiger partial charge in [-0.15, -0.1) is 0 Å². The first-order valence-corrected chi connectivity index (χ1v) is 7.72. The molecule has 0 radical (unpaired) electrons. The number of hydrogen-bond donors (Lipinski definition) is 1. The Kier molecular flexibility index (Phi) is 3.52. The van der Waals surface area contributed by atoms with Crippen LogP contribution in [0.5, 0.6) is 0 Å². The summed E-state index contributed by atoms with van der Waals surface area (Å²) in [5.41, 5.74) is 3.45. The number of hydrogen-bond acceptors (Lipinski definition) is 1. The molecule has 0 atom stereocenters. The number of benzene rings is 2. The highest BCUT2D eigenvalue weighted by molar-refractivity contribution is 9.10. The quantitative estimate of drug-likeness (QED) is 0.595. The molecule has 3 rings (SSSR count). The molecule has 3 aromatic rings. The molecule has 1 aromatic heterocycles. The van der Waals surface area contributed by atoms with E-state index in [1.165, 1.54) is 0 Å². The predicted molar refractivity (Wildman–Crippen MR) is 88.3 cm³/mol. The van der Waals surface area contributed by atoms with Crippen LogP contribution in [0.3, 0.4) is 0 Å². The van der Waals surface area contributed by atoms with Gasteiger partial charge in [-0.3, -0.25) is 4.79 Å². The SMILES string of the molecule is Cc1ccc(C(=O)c2c[nH]c3ccc(Br)cc23)cc1Br. The van der Waals surface area contributed by atoms with E-state index in [4.69, 9.17) is 0 Å². The van der Waals surface area contributed by atoms with Crippen molar-refractivity contribution in [2.45, 2.75) is 6.92 Å². The highest BCUT2D eigenvalue weighted by Crippen LogP contribution is 2.26. The molecule has 0 unspecified atom stereocenters. The van der Waals surface area contributed by atoms with E-state index in [1.807, 2.05) is 43.3 Å². The van der Waals surface area contributed by atoms with Gasteiger partial charge in [0.2, 0.25) is 0 Å². The van der Waals surface area contributed by atoms with Crippen LogP contribution in [0.1, 0.15) is 21.5 Å². The van der Waals surface area contributed by atoms with E-state index >= 15 is 0 Å². The zero-order valence-corrected chi connectivity index (χ0v) is 13.9. The number of aryl methyl sites for hydroxylation is 1. The second-order valence-electron chi connectivity index (χ2n) is 4.69. The topological polar surface area (TPSA) is 32.9 Å². The summed E-state index contributed by atoms with van der Waals surface area (Å²) in [5.74, 6) is 0.0232. The van der Waals surface area contributed by atoms with Crippen molar-refractivity contribution < 1.29 is 4.79 Å². The molecular weight excluding hydrogens is 382 g/mol. The fourth-order valence-corrected chi connectivity index (χ4v) is 2.91. The minimum Gasteiger partial charge on any atom is -0.360 e. The molecule has 0 saturated heterocycles. The first-order chi connectivity index (χ1) is 9.56. The number of carbonyl (C=O) groups is 1. The minimum atomic E-state index is 0.0232. The van der Waals surface area contributed by atoms with Gasteiger partial charge in [-0.05, 0) is 36.8 Å². The van der Waals surface area contributed by atoms with Crippen molar-refractivity contribution in [3.63, 3.8) is 0 Å². The van der Waals surface area contributed by atoms with Crippen LogP contribution in [0.2, 0.25) is 0 Å². The lowest BCUT2D eigenvalue weighted by Gasteiger charge is -2.03. The van der Waals surface area contributed by atoms with Gasteiger partial charge in [-0.1, -0.05) is 44.0 Å². The van der Waals surface area contributed by atoms with Crippen molar-refractivity contribution in [2.75, 3.05) is 0 Å². The molecule has 0 fully saturated rings. The minimum absolute atomic E-state index is 0.0232. The summed E-state index contributed by atoms with van der Waals surface area (Å²) in [4.78, 5) is 15.8. The van der Waals surface area contributed by atoms with Crippen LogP contribution in [0.25, 0.3) is 10.9 Å². The summed E-state index contributed by atoms with van der Waals surface area (Å²) < 4.78 is 1.91. The molecule has 1 N–H and O–H groups in total. The van der Waals surface area contributed by atoms with Crippen LogP contribution in [-0.4, -0.2) is 10.8 Å². The van der Waals surface area contributed by atoms with Gasteiger partial charge in [0.05, 0.1) is 0 Å². The first-order valence-electron chi connectivity index (χ1n) is 6.14. The lowest BCUT2D eigenvalue weighted by Crippen LogP contribution is -2.00. The Hall–Kier alpha value is -1.39. The number of fused-ring (bicyclic) bond motifs is 1. The average Bonchev–Trinajstić information content (AvgIpc) is 2.84. The summed E-state index contributed by atoms with van der Waals surface area (Å²) in [5, 5.41) is 0.932. The molecule has 0 aliphatic rings. The molecular formula is C16H11Br2NO. The molecule has 20 heavy (non-hydrogen) atoms.